The van der Waals surface area contributed by atoms with E-state index >= 15 is 0 Å². The van der Waals surface area contributed by atoms with Crippen LogP contribution in [0.25, 0.3) is 0 Å². The third-order valence-corrected chi connectivity index (χ3v) is 5.20. The van der Waals surface area contributed by atoms with Crippen LogP contribution in [0, 0.1) is 6.92 Å². The Hall–Kier alpha value is -1.80. The summed E-state index contributed by atoms with van der Waals surface area (Å²) in [7, 11) is -0.792. The number of amides is 1. The fourth-order valence-electron chi connectivity index (χ4n) is 2.87. The Kier molecular flexibility index (Phi) is 10.8. The Bertz CT molecular complexity index is 738. The molecule has 6 nitrogen and oxygen atoms in total. The molecular weight excluding hydrogens is 382 g/mol. The smallest absolute Gasteiger partial charge is 0.311 e. The Balaban J connectivity index is 2.93. The SMILES string of the molecule is CCCCCC(CCC(C(=O)NC(=S)NC)c1ccc(C)cc1)N=S(=O)=O. The van der Waals surface area contributed by atoms with Gasteiger partial charge in [-0.25, -0.2) is 0 Å². The normalized spacial score (nSPS) is 12.7. The number of nitrogens with one attached hydrogen (secondary N) is 2. The first-order valence-electron chi connectivity index (χ1n) is 9.26. The second kappa shape index (κ2) is 12.6. The minimum absolute atomic E-state index is 0.200. The number of carbonyl (C=O) groups excluding carboxylic acids is 1. The average molecular weight is 412 g/mol. The first-order chi connectivity index (χ1) is 12.9. The molecule has 1 aromatic rings. The number of aryl methyl sites for hydroxylation is 1. The van der Waals surface area contributed by atoms with E-state index < -0.39 is 16.4 Å². The van der Waals surface area contributed by atoms with Crippen molar-refractivity contribution in [2.24, 2.45) is 4.36 Å². The summed E-state index contributed by atoms with van der Waals surface area (Å²) < 4.78 is 25.9. The fourth-order valence-corrected chi connectivity index (χ4v) is 3.42. The minimum Gasteiger partial charge on any atom is -0.365 e. The molecule has 1 rings (SSSR count). The lowest BCUT2D eigenvalue weighted by Gasteiger charge is -2.19. The monoisotopic (exact) mass is 411 g/mol. The summed E-state index contributed by atoms with van der Waals surface area (Å²) in [5, 5.41) is 5.69. The number of unbranched alkanes of at least 4 members (excludes halogenated alkanes) is 2. The van der Waals surface area contributed by atoms with Gasteiger partial charge < -0.3 is 10.6 Å². The molecule has 0 bridgehead atoms. The molecule has 2 atom stereocenters. The molecule has 2 unspecified atom stereocenters. The van der Waals surface area contributed by atoms with Crippen molar-refractivity contribution in [3.05, 3.63) is 35.4 Å². The third kappa shape index (κ3) is 9.10. The second-order valence-corrected chi connectivity index (χ2v) is 7.63. The van der Waals surface area contributed by atoms with Crippen LogP contribution >= 0.6 is 12.2 Å². The number of hydrogen-bond donors (Lipinski definition) is 2. The van der Waals surface area contributed by atoms with Crippen molar-refractivity contribution < 1.29 is 13.2 Å². The van der Waals surface area contributed by atoms with Crippen LogP contribution in [-0.4, -0.2) is 32.5 Å². The van der Waals surface area contributed by atoms with Crippen LogP contribution in [0.2, 0.25) is 0 Å². The van der Waals surface area contributed by atoms with Crippen molar-refractivity contribution in [1.29, 1.82) is 0 Å². The molecule has 27 heavy (non-hydrogen) atoms. The van der Waals surface area contributed by atoms with Gasteiger partial charge in [-0.2, -0.15) is 12.8 Å². The molecule has 0 radical (unpaired) electrons. The van der Waals surface area contributed by atoms with Gasteiger partial charge in [0, 0.05) is 7.05 Å². The molecule has 0 fully saturated rings. The number of rotatable bonds is 10. The molecule has 1 aromatic carbocycles. The van der Waals surface area contributed by atoms with Crippen molar-refractivity contribution in [2.75, 3.05) is 7.05 Å². The van der Waals surface area contributed by atoms with Crippen molar-refractivity contribution in [3.63, 3.8) is 0 Å². The Labute approximate surface area is 168 Å². The number of hydrogen-bond acceptors (Lipinski definition) is 5. The third-order valence-electron chi connectivity index (χ3n) is 4.42. The molecule has 2 N–H and O–H groups in total. The van der Waals surface area contributed by atoms with E-state index in [1.54, 1.807) is 7.05 Å². The van der Waals surface area contributed by atoms with Gasteiger partial charge in [-0.05, 0) is 44.0 Å². The van der Waals surface area contributed by atoms with Gasteiger partial charge >= 0.3 is 10.5 Å². The molecule has 0 spiro atoms. The Morgan fingerprint density at radius 3 is 2.37 bits per heavy atom. The van der Waals surface area contributed by atoms with Crippen LogP contribution in [0.4, 0.5) is 0 Å². The molecule has 0 saturated heterocycles. The van der Waals surface area contributed by atoms with Crippen molar-refractivity contribution in [2.45, 2.75) is 64.3 Å². The van der Waals surface area contributed by atoms with Gasteiger partial charge in [0.05, 0.1) is 12.0 Å². The van der Waals surface area contributed by atoms with Crippen LogP contribution in [-0.2, 0) is 15.3 Å². The molecule has 1 amide bonds. The minimum atomic E-state index is -2.44. The predicted molar refractivity (Wildman–Crippen MR) is 112 cm³/mol. The van der Waals surface area contributed by atoms with Crippen LogP contribution in [0.1, 0.15) is 62.5 Å². The molecule has 150 valence electrons. The molecule has 0 aliphatic rings. The maximum Gasteiger partial charge on any atom is 0.311 e. The van der Waals surface area contributed by atoms with E-state index in [0.717, 1.165) is 30.4 Å². The maximum atomic E-state index is 12.7. The van der Waals surface area contributed by atoms with E-state index in [4.69, 9.17) is 12.2 Å². The summed E-state index contributed by atoms with van der Waals surface area (Å²) in [6.07, 6.45) is 4.75. The summed E-state index contributed by atoms with van der Waals surface area (Å²) in [6.45, 7) is 4.08. The zero-order valence-corrected chi connectivity index (χ0v) is 17.8. The van der Waals surface area contributed by atoms with Crippen LogP contribution in [0.15, 0.2) is 28.6 Å². The number of carbonyl (C=O) groups is 1. The van der Waals surface area contributed by atoms with Crippen molar-refractivity contribution >= 4 is 33.7 Å². The van der Waals surface area contributed by atoms with Gasteiger partial charge in [-0.3, -0.25) is 4.79 Å². The zero-order valence-electron chi connectivity index (χ0n) is 16.2. The molecule has 0 saturated carbocycles. The number of benzene rings is 1. The molecule has 0 aliphatic heterocycles. The van der Waals surface area contributed by atoms with Gasteiger partial charge in [0.1, 0.15) is 0 Å². The highest BCUT2D eigenvalue weighted by Gasteiger charge is 2.23. The van der Waals surface area contributed by atoms with E-state index in [9.17, 15) is 13.2 Å². The quantitative estimate of drug-likeness (QED) is 0.454. The number of thiocarbonyl (C=S) groups is 1. The summed E-state index contributed by atoms with van der Waals surface area (Å²) in [5.74, 6) is -0.616. The molecular formula is C19H29N3O3S2. The van der Waals surface area contributed by atoms with E-state index in [0.29, 0.717) is 19.3 Å². The van der Waals surface area contributed by atoms with Crippen molar-refractivity contribution in [1.82, 2.24) is 10.6 Å². The van der Waals surface area contributed by atoms with E-state index in [1.807, 2.05) is 31.2 Å². The van der Waals surface area contributed by atoms with Gasteiger partial charge in [0.25, 0.3) is 0 Å². The Morgan fingerprint density at radius 1 is 1.15 bits per heavy atom. The van der Waals surface area contributed by atoms with Gasteiger partial charge in [-0.15, -0.1) is 0 Å². The van der Waals surface area contributed by atoms with E-state index in [-0.39, 0.29) is 17.1 Å². The Morgan fingerprint density at radius 2 is 1.81 bits per heavy atom. The highest BCUT2D eigenvalue weighted by Crippen LogP contribution is 2.25. The van der Waals surface area contributed by atoms with Crippen molar-refractivity contribution in [3.8, 4) is 0 Å². The highest BCUT2D eigenvalue weighted by molar-refractivity contribution is 7.80. The van der Waals surface area contributed by atoms with Gasteiger partial charge in [-0.1, -0.05) is 56.0 Å². The van der Waals surface area contributed by atoms with E-state index in [1.165, 1.54) is 0 Å². The molecule has 0 heterocycles. The zero-order chi connectivity index (χ0) is 20.2. The van der Waals surface area contributed by atoms with Gasteiger partial charge in [0.2, 0.25) is 5.91 Å². The van der Waals surface area contributed by atoms with Crippen LogP contribution in [0.3, 0.4) is 0 Å². The topological polar surface area (TPSA) is 87.6 Å². The lowest BCUT2D eigenvalue weighted by molar-refractivity contribution is -0.121. The average Bonchev–Trinajstić information content (AvgIpc) is 2.62. The largest absolute Gasteiger partial charge is 0.365 e. The highest BCUT2D eigenvalue weighted by atomic mass is 32.2. The maximum absolute atomic E-state index is 12.7. The summed E-state index contributed by atoms with van der Waals surface area (Å²) in [5.41, 5.74) is 1.99. The van der Waals surface area contributed by atoms with E-state index in [2.05, 4.69) is 21.9 Å². The first kappa shape index (κ1) is 23.2. The predicted octanol–water partition coefficient (Wildman–Crippen LogP) is 3.49. The molecule has 8 heteroatoms. The number of nitrogens with zero attached hydrogens (tertiary/aromatic N) is 1. The summed E-state index contributed by atoms with van der Waals surface area (Å²) in [6, 6.07) is 7.48. The fraction of sp³-hybridized carbons (Fsp3) is 0.579. The lowest BCUT2D eigenvalue weighted by atomic mass is 9.90. The summed E-state index contributed by atoms with van der Waals surface area (Å²) >= 11 is 5.04. The standard InChI is InChI=1S/C19H29N3O3S2/c1-4-5-6-7-16(22-27(24)25)12-13-17(18(23)21-19(26)20-3)15-10-8-14(2)9-11-15/h8-11,16-17H,4-7,12-13H2,1-3H3,(H2,20,21,23,26). The lowest BCUT2D eigenvalue weighted by Crippen LogP contribution is -2.40. The van der Waals surface area contributed by atoms with Crippen LogP contribution in [0.5, 0.6) is 0 Å². The molecule has 0 aliphatic carbocycles. The van der Waals surface area contributed by atoms with Crippen LogP contribution < -0.4 is 10.6 Å². The molecule has 0 aromatic heterocycles. The first-order valence-corrected chi connectivity index (χ1v) is 10.7. The second-order valence-electron chi connectivity index (χ2n) is 6.58. The summed E-state index contributed by atoms with van der Waals surface area (Å²) in [4.78, 5) is 12.7. The van der Waals surface area contributed by atoms with Gasteiger partial charge in [0.15, 0.2) is 5.11 Å².